The lowest BCUT2D eigenvalue weighted by Crippen LogP contribution is -2.35. The van der Waals surface area contributed by atoms with Crippen molar-refractivity contribution in [1.29, 1.82) is 0 Å². The normalized spacial score (nSPS) is 11.1. The average molecular weight is 371 g/mol. The van der Waals surface area contributed by atoms with Crippen molar-refractivity contribution < 1.29 is 13.2 Å². The molecular formula is C13H11BrN2O4S. The number of pyridine rings is 1. The van der Waals surface area contributed by atoms with E-state index in [9.17, 15) is 18.0 Å². The SMILES string of the molecule is O=C(Cn1cc(Br)ccc1=O)NS(=O)(=O)c1ccccc1. The summed E-state index contributed by atoms with van der Waals surface area (Å²) in [5.74, 6) is -0.793. The van der Waals surface area contributed by atoms with Gasteiger partial charge in [-0.25, -0.2) is 13.1 Å². The van der Waals surface area contributed by atoms with Crippen molar-refractivity contribution in [1.82, 2.24) is 9.29 Å². The molecule has 1 heterocycles. The Morgan fingerprint density at radius 2 is 1.81 bits per heavy atom. The van der Waals surface area contributed by atoms with Crippen LogP contribution in [0.2, 0.25) is 0 Å². The number of carbonyl (C=O) groups excluding carboxylic acids is 1. The van der Waals surface area contributed by atoms with Crippen molar-refractivity contribution >= 4 is 31.9 Å². The van der Waals surface area contributed by atoms with Crippen molar-refractivity contribution in [3.8, 4) is 0 Å². The van der Waals surface area contributed by atoms with Crippen LogP contribution in [0.5, 0.6) is 0 Å². The van der Waals surface area contributed by atoms with Gasteiger partial charge in [0.15, 0.2) is 0 Å². The van der Waals surface area contributed by atoms with E-state index in [0.29, 0.717) is 4.47 Å². The molecule has 0 spiro atoms. The van der Waals surface area contributed by atoms with Gasteiger partial charge in [0, 0.05) is 16.7 Å². The Morgan fingerprint density at radius 1 is 1.14 bits per heavy atom. The molecule has 0 saturated heterocycles. The van der Waals surface area contributed by atoms with Crippen molar-refractivity contribution in [2.24, 2.45) is 0 Å². The summed E-state index contributed by atoms with van der Waals surface area (Å²) in [5.41, 5.74) is -0.398. The second kappa shape index (κ2) is 6.23. The number of benzene rings is 1. The van der Waals surface area contributed by atoms with E-state index < -0.39 is 21.5 Å². The highest BCUT2D eigenvalue weighted by atomic mass is 79.9. The van der Waals surface area contributed by atoms with E-state index in [1.54, 1.807) is 18.2 Å². The van der Waals surface area contributed by atoms with Crippen LogP contribution in [0, 0.1) is 0 Å². The van der Waals surface area contributed by atoms with E-state index in [4.69, 9.17) is 0 Å². The molecule has 0 radical (unpaired) electrons. The maximum Gasteiger partial charge on any atom is 0.264 e. The van der Waals surface area contributed by atoms with E-state index in [1.165, 1.54) is 30.5 Å². The Hall–Kier alpha value is -1.93. The second-order valence-electron chi connectivity index (χ2n) is 4.16. The molecule has 0 atom stereocenters. The first-order valence-electron chi connectivity index (χ1n) is 5.85. The Labute approximate surface area is 129 Å². The predicted octanol–water partition coefficient (Wildman–Crippen LogP) is 1.12. The first kappa shape index (κ1) is 15.5. The summed E-state index contributed by atoms with van der Waals surface area (Å²) < 4.78 is 27.6. The average Bonchev–Trinajstić information content (AvgIpc) is 2.43. The number of sulfonamides is 1. The third kappa shape index (κ3) is 4.02. The highest BCUT2D eigenvalue weighted by molar-refractivity contribution is 9.10. The number of nitrogens with one attached hydrogen (secondary N) is 1. The fraction of sp³-hybridized carbons (Fsp3) is 0.0769. The first-order valence-corrected chi connectivity index (χ1v) is 8.13. The van der Waals surface area contributed by atoms with Crippen molar-refractivity contribution in [2.75, 3.05) is 0 Å². The molecule has 6 nitrogen and oxygen atoms in total. The zero-order valence-electron chi connectivity index (χ0n) is 10.7. The van der Waals surface area contributed by atoms with Crippen LogP contribution in [0.4, 0.5) is 0 Å². The molecule has 1 aromatic heterocycles. The van der Waals surface area contributed by atoms with Gasteiger partial charge in [-0.05, 0) is 34.1 Å². The molecule has 0 fully saturated rings. The van der Waals surface area contributed by atoms with E-state index in [1.807, 2.05) is 4.72 Å². The van der Waals surface area contributed by atoms with Gasteiger partial charge in [0.1, 0.15) is 6.54 Å². The fourth-order valence-electron chi connectivity index (χ4n) is 1.62. The number of rotatable bonds is 4. The van der Waals surface area contributed by atoms with Gasteiger partial charge in [-0.2, -0.15) is 0 Å². The zero-order valence-corrected chi connectivity index (χ0v) is 13.1. The van der Waals surface area contributed by atoms with Gasteiger partial charge in [-0.15, -0.1) is 0 Å². The molecule has 2 aromatic rings. The standard InChI is InChI=1S/C13H11BrN2O4S/c14-10-6-7-13(18)16(8-10)9-12(17)15-21(19,20)11-4-2-1-3-5-11/h1-8H,9H2,(H,15,17). The zero-order chi connectivity index (χ0) is 15.5. The van der Waals surface area contributed by atoms with Crippen LogP contribution in [0.1, 0.15) is 0 Å². The topological polar surface area (TPSA) is 85.2 Å². The van der Waals surface area contributed by atoms with Crippen LogP contribution in [0.15, 0.2) is 62.8 Å². The Kier molecular flexibility index (Phi) is 4.59. The third-order valence-corrected chi connectivity index (χ3v) is 4.42. The minimum absolute atomic E-state index is 0.0139. The quantitative estimate of drug-likeness (QED) is 0.873. The summed E-state index contributed by atoms with van der Waals surface area (Å²) in [5, 5.41) is 0. The first-order chi connectivity index (χ1) is 9.88. The lowest BCUT2D eigenvalue weighted by Gasteiger charge is -2.08. The highest BCUT2D eigenvalue weighted by Gasteiger charge is 2.17. The summed E-state index contributed by atoms with van der Waals surface area (Å²) in [6.07, 6.45) is 1.41. The van der Waals surface area contributed by atoms with Crippen molar-refractivity contribution in [2.45, 2.75) is 11.4 Å². The smallest absolute Gasteiger partial charge is 0.264 e. The lowest BCUT2D eigenvalue weighted by atomic mass is 10.4. The predicted molar refractivity (Wildman–Crippen MR) is 80.2 cm³/mol. The van der Waals surface area contributed by atoms with E-state index >= 15 is 0 Å². The second-order valence-corrected chi connectivity index (χ2v) is 6.75. The molecule has 0 bridgehead atoms. The largest absolute Gasteiger partial charge is 0.305 e. The summed E-state index contributed by atoms with van der Waals surface area (Å²) >= 11 is 3.17. The number of halogens is 1. The van der Waals surface area contributed by atoms with E-state index in [-0.39, 0.29) is 11.4 Å². The summed E-state index contributed by atoms with van der Waals surface area (Å²) in [4.78, 5) is 23.3. The molecule has 8 heteroatoms. The molecule has 2 rings (SSSR count). The summed E-state index contributed by atoms with van der Waals surface area (Å²) in [6.45, 7) is -0.385. The van der Waals surface area contributed by atoms with Crippen LogP contribution in [0.3, 0.4) is 0 Å². The third-order valence-electron chi connectivity index (χ3n) is 2.56. The van der Waals surface area contributed by atoms with Crippen molar-refractivity contribution in [3.05, 3.63) is 63.5 Å². The molecule has 0 aliphatic heterocycles. The number of carbonyl (C=O) groups is 1. The Balaban J connectivity index is 2.16. The number of hydrogen-bond acceptors (Lipinski definition) is 4. The molecule has 0 aliphatic rings. The van der Waals surface area contributed by atoms with E-state index in [2.05, 4.69) is 15.9 Å². The molecular weight excluding hydrogens is 360 g/mol. The summed E-state index contributed by atoms with van der Waals surface area (Å²) in [6, 6.07) is 10.3. The Morgan fingerprint density at radius 3 is 2.48 bits per heavy atom. The van der Waals surface area contributed by atoms with Gasteiger partial charge in [-0.3, -0.25) is 9.59 Å². The van der Waals surface area contributed by atoms with Gasteiger partial charge < -0.3 is 4.57 Å². The molecule has 0 saturated carbocycles. The Bertz CT molecular complexity index is 816. The van der Waals surface area contributed by atoms with Gasteiger partial charge in [0.05, 0.1) is 4.90 Å². The van der Waals surface area contributed by atoms with E-state index in [0.717, 1.165) is 4.57 Å². The van der Waals surface area contributed by atoms with Gasteiger partial charge in [-0.1, -0.05) is 18.2 Å². The van der Waals surface area contributed by atoms with Crippen LogP contribution in [0.25, 0.3) is 0 Å². The molecule has 0 aliphatic carbocycles. The fourth-order valence-corrected chi connectivity index (χ4v) is 3.00. The van der Waals surface area contributed by atoms with Crippen LogP contribution < -0.4 is 10.3 Å². The number of nitrogens with zero attached hydrogens (tertiary/aromatic N) is 1. The molecule has 1 amide bonds. The molecule has 1 aromatic carbocycles. The highest BCUT2D eigenvalue weighted by Crippen LogP contribution is 2.07. The number of hydrogen-bond donors (Lipinski definition) is 1. The van der Waals surface area contributed by atoms with Crippen LogP contribution in [-0.2, 0) is 21.4 Å². The number of aromatic nitrogens is 1. The van der Waals surface area contributed by atoms with Crippen LogP contribution in [-0.4, -0.2) is 18.9 Å². The number of amides is 1. The summed E-state index contributed by atoms with van der Waals surface area (Å²) in [7, 11) is -3.93. The van der Waals surface area contributed by atoms with Gasteiger partial charge >= 0.3 is 0 Å². The lowest BCUT2D eigenvalue weighted by molar-refractivity contribution is -0.119. The molecule has 21 heavy (non-hydrogen) atoms. The minimum Gasteiger partial charge on any atom is -0.305 e. The maximum atomic E-state index is 12.0. The molecule has 0 unspecified atom stereocenters. The molecule has 110 valence electrons. The van der Waals surface area contributed by atoms with Gasteiger partial charge in [0.2, 0.25) is 0 Å². The van der Waals surface area contributed by atoms with Gasteiger partial charge in [0.25, 0.3) is 21.5 Å². The monoisotopic (exact) mass is 370 g/mol. The van der Waals surface area contributed by atoms with Crippen molar-refractivity contribution in [3.63, 3.8) is 0 Å². The molecule has 1 N–H and O–H groups in total. The maximum absolute atomic E-state index is 12.0. The minimum atomic E-state index is -3.93. The van der Waals surface area contributed by atoms with Crippen LogP contribution >= 0.6 is 15.9 Å².